The Balaban J connectivity index is 2.34. The molecule has 3 nitrogen and oxygen atoms in total. The van der Waals surface area contributed by atoms with Crippen LogP contribution in [0.15, 0.2) is 0 Å². The molecule has 0 heterocycles. The van der Waals surface area contributed by atoms with Crippen molar-refractivity contribution in [2.75, 3.05) is 13.2 Å². The van der Waals surface area contributed by atoms with Gasteiger partial charge in [0.1, 0.15) is 0 Å². The van der Waals surface area contributed by atoms with Gasteiger partial charge in [0, 0.05) is 6.54 Å². The maximum Gasteiger partial charge on any atom is 0.310 e. The highest BCUT2D eigenvalue weighted by atomic mass is 16.5. The third-order valence-corrected chi connectivity index (χ3v) is 3.25. The first-order chi connectivity index (χ1) is 7.27. The summed E-state index contributed by atoms with van der Waals surface area (Å²) in [5.74, 6) is 0.510. The van der Waals surface area contributed by atoms with Gasteiger partial charge in [0.15, 0.2) is 0 Å². The zero-order valence-electron chi connectivity index (χ0n) is 9.71. The summed E-state index contributed by atoms with van der Waals surface area (Å²) in [4.78, 5) is 11.5. The molecule has 0 aromatic heterocycles. The van der Waals surface area contributed by atoms with Crippen LogP contribution in [0.3, 0.4) is 0 Å². The number of rotatable bonds is 5. The minimum absolute atomic E-state index is 0.0759. The first kappa shape index (κ1) is 12.5. The van der Waals surface area contributed by atoms with Crippen molar-refractivity contribution >= 4 is 5.97 Å². The summed E-state index contributed by atoms with van der Waals surface area (Å²) in [5.41, 5.74) is 5.62. The number of hydrogen-bond donors (Lipinski definition) is 1. The minimum atomic E-state index is -0.106. The lowest BCUT2D eigenvalue weighted by atomic mass is 9.83. The Bertz CT molecular complexity index is 188. The van der Waals surface area contributed by atoms with E-state index in [2.05, 4.69) is 0 Å². The molecule has 0 amide bonds. The maximum absolute atomic E-state index is 11.5. The molecule has 2 N–H and O–H groups in total. The van der Waals surface area contributed by atoms with Gasteiger partial charge in [-0.05, 0) is 19.3 Å². The second-order valence-electron chi connectivity index (χ2n) is 4.42. The van der Waals surface area contributed by atoms with Crippen LogP contribution in [0.25, 0.3) is 0 Å². The van der Waals surface area contributed by atoms with Crippen molar-refractivity contribution in [3.8, 4) is 0 Å². The lowest BCUT2D eigenvalue weighted by molar-refractivity contribution is -0.148. The van der Waals surface area contributed by atoms with E-state index in [1.54, 1.807) is 0 Å². The van der Waals surface area contributed by atoms with Gasteiger partial charge < -0.3 is 10.5 Å². The molecule has 1 rings (SSSR count). The van der Waals surface area contributed by atoms with Crippen molar-refractivity contribution in [1.29, 1.82) is 0 Å². The lowest BCUT2D eigenvalue weighted by Gasteiger charge is -2.24. The molecule has 0 saturated heterocycles. The summed E-state index contributed by atoms with van der Waals surface area (Å²) < 4.78 is 5.02. The summed E-state index contributed by atoms with van der Waals surface area (Å²) >= 11 is 0. The molecule has 1 aliphatic carbocycles. The number of esters is 1. The van der Waals surface area contributed by atoms with Gasteiger partial charge in [0.05, 0.1) is 12.5 Å². The Morgan fingerprint density at radius 1 is 1.40 bits per heavy atom. The van der Waals surface area contributed by atoms with Crippen molar-refractivity contribution in [3.05, 3.63) is 0 Å². The molecule has 1 saturated carbocycles. The van der Waals surface area contributed by atoms with E-state index in [0.29, 0.717) is 19.1 Å². The van der Waals surface area contributed by atoms with Gasteiger partial charge >= 0.3 is 5.97 Å². The molecule has 1 fully saturated rings. The topological polar surface area (TPSA) is 52.3 Å². The predicted molar refractivity (Wildman–Crippen MR) is 60.4 cm³/mol. The minimum Gasteiger partial charge on any atom is -0.466 e. The predicted octanol–water partition coefficient (Wildman–Crippen LogP) is 2.09. The monoisotopic (exact) mass is 213 g/mol. The number of carbonyl (C=O) groups is 1. The Hall–Kier alpha value is -0.570. The number of hydrogen-bond acceptors (Lipinski definition) is 3. The molecule has 88 valence electrons. The van der Waals surface area contributed by atoms with Gasteiger partial charge in [-0.1, -0.05) is 32.1 Å². The molecule has 0 spiro atoms. The summed E-state index contributed by atoms with van der Waals surface area (Å²) in [6.45, 7) is 2.72. The van der Waals surface area contributed by atoms with E-state index in [4.69, 9.17) is 10.5 Å². The smallest absolute Gasteiger partial charge is 0.310 e. The molecule has 0 aromatic rings. The summed E-state index contributed by atoms with van der Waals surface area (Å²) in [5, 5.41) is 0. The van der Waals surface area contributed by atoms with Crippen molar-refractivity contribution in [2.45, 2.75) is 45.4 Å². The van der Waals surface area contributed by atoms with E-state index in [0.717, 1.165) is 6.42 Å². The molecule has 3 heteroatoms. The van der Waals surface area contributed by atoms with Gasteiger partial charge in [-0.3, -0.25) is 4.79 Å². The average molecular weight is 213 g/mol. The normalized spacial score (nSPS) is 19.9. The molecule has 0 bridgehead atoms. The third-order valence-electron chi connectivity index (χ3n) is 3.25. The fourth-order valence-electron chi connectivity index (χ4n) is 2.37. The Labute approximate surface area is 92.4 Å². The zero-order chi connectivity index (χ0) is 11.1. The van der Waals surface area contributed by atoms with Crippen LogP contribution in [0.5, 0.6) is 0 Å². The number of carbonyl (C=O) groups excluding carboxylic acids is 1. The van der Waals surface area contributed by atoms with E-state index in [1.807, 2.05) is 6.92 Å². The Kier molecular flexibility index (Phi) is 5.69. The molecule has 1 aliphatic rings. The molecular weight excluding hydrogens is 190 g/mol. The largest absolute Gasteiger partial charge is 0.466 e. The number of ether oxygens (including phenoxy) is 1. The first-order valence-corrected chi connectivity index (χ1v) is 6.14. The Morgan fingerprint density at radius 3 is 2.60 bits per heavy atom. The Morgan fingerprint density at radius 2 is 2.07 bits per heavy atom. The van der Waals surface area contributed by atoms with E-state index in [-0.39, 0.29) is 11.9 Å². The number of nitrogens with two attached hydrogens (primary N) is 1. The van der Waals surface area contributed by atoms with Gasteiger partial charge in [-0.15, -0.1) is 0 Å². The maximum atomic E-state index is 11.5. The van der Waals surface area contributed by atoms with Crippen molar-refractivity contribution in [1.82, 2.24) is 0 Å². The van der Waals surface area contributed by atoms with Gasteiger partial charge in [0.25, 0.3) is 0 Å². The fraction of sp³-hybridized carbons (Fsp3) is 0.917. The van der Waals surface area contributed by atoms with E-state index >= 15 is 0 Å². The van der Waals surface area contributed by atoms with Crippen molar-refractivity contribution in [3.63, 3.8) is 0 Å². The summed E-state index contributed by atoms with van der Waals surface area (Å²) in [7, 11) is 0. The summed E-state index contributed by atoms with van der Waals surface area (Å²) in [6, 6.07) is 0. The van der Waals surface area contributed by atoms with Crippen LogP contribution in [0.2, 0.25) is 0 Å². The molecule has 15 heavy (non-hydrogen) atoms. The van der Waals surface area contributed by atoms with E-state index < -0.39 is 0 Å². The lowest BCUT2D eigenvalue weighted by Crippen LogP contribution is -2.28. The van der Waals surface area contributed by atoms with Crippen LogP contribution in [0.1, 0.15) is 45.4 Å². The van der Waals surface area contributed by atoms with Crippen LogP contribution in [-0.2, 0) is 9.53 Å². The molecule has 1 atom stereocenters. The van der Waals surface area contributed by atoms with Crippen LogP contribution in [0.4, 0.5) is 0 Å². The molecule has 0 aliphatic heterocycles. The SMILES string of the molecule is CCOC(=O)C(CN)CC1CCCCC1. The van der Waals surface area contributed by atoms with E-state index in [9.17, 15) is 4.79 Å². The highest BCUT2D eigenvalue weighted by Crippen LogP contribution is 2.29. The quantitative estimate of drug-likeness (QED) is 0.711. The van der Waals surface area contributed by atoms with Gasteiger partial charge in [-0.2, -0.15) is 0 Å². The standard InChI is InChI=1S/C12H23NO2/c1-2-15-12(14)11(9-13)8-10-6-4-3-5-7-10/h10-11H,2-9,13H2,1H3. The summed E-state index contributed by atoms with van der Waals surface area (Å²) in [6.07, 6.45) is 7.42. The molecule has 0 aromatic carbocycles. The van der Waals surface area contributed by atoms with E-state index in [1.165, 1.54) is 32.1 Å². The molecule has 0 radical (unpaired) electrons. The average Bonchev–Trinajstić information content (AvgIpc) is 2.27. The van der Waals surface area contributed by atoms with Crippen LogP contribution in [-0.4, -0.2) is 19.1 Å². The van der Waals surface area contributed by atoms with Crippen LogP contribution in [0, 0.1) is 11.8 Å². The van der Waals surface area contributed by atoms with Crippen molar-refractivity contribution in [2.24, 2.45) is 17.6 Å². The molecule has 1 unspecified atom stereocenters. The highest BCUT2D eigenvalue weighted by Gasteiger charge is 2.23. The van der Waals surface area contributed by atoms with Crippen LogP contribution >= 0.6 is 0 Å². The fourth-order valence-corrected chi connectivity index (χ4v) is 2.37. The van der Waals surface area contributed by atoms with Crippen LogP contribution < -0.4 is 5.73 Å². The third kappa shape index (κ3) is 4.20. The first-order valence-electron chi connectivity index (χ1n) is 6.14. The second-order valence-corrected chi connectivity index (χ2v) is 4.42. The highest BCUT2D eigenvalue weighted by molar-refractivity contribution is 5.72. The van der Waals surface area contributed by atoms with Gasteiger partial charge in [-0.25, -0.2) is 0 Å². The second kappa shape index (κ2) is 6.83. The molecular formula is C12H23NO2. The van der Waals surface area contributed by atoms with Gasteiger partial charge in [0.2, 0.25) is 0 Å². The van der Waals surface area contributed by atoms with Crippen molar-refractivity contribution < 1.29 is 9.53 Å². The zero-order valence-corrected chi connectivity index (χ0v) is 9.71.